The van der Waals surface area contributed by atoms with Gasteiger partial charge in [0.05, 0.1) is 16.1 Å². The number of hydrogen-bond donors (Lipinski definition) is 2. The average Bonchev–Trinajstić information content (AvgIpc) is 2.75. The van der Waals surface area contributed by atoms with E-state index in [2.05, 4.69) is 32.6 Å². The molecule has 2 aromatic carbocycles. The summed E-state index contributed by atoms with van der Waals surface area (Å²) in [6.07, 6.45) is 0. The molecule has 0 aliphatic rings. The molecule has 0 fully saturated rings. The normalized spacial score (nSPS) is 11.0. The molecule has 0 bridgehead atoms. The van der Waals surface area contributed by atoms with Crippen molar-refractivity contribution in [3.63, 3.8) is 0 Å². The van der Waals surface area contributed by atoms with Crippen LogP contribution in [0.4, 0.5) is 0 Å². The molecule has 1 heterocycles. The fourth-order valence-electron chi connectivity index (χ4n) is 1.78. The highest BCUT2D eigenvalue weighted by molar-refractivity contribution is 14.1. The van der Waals surface area contributed by atoms with Gasteiger partial charge in [-0.25, -0.2) is 4.98 Å². The number of aromatic nitrogens is 2. The first-order chi connectivity index (χ1) is 8.63. The molecule has 0 aliphatic carbocycles. The van der Waals surface area contributed by atoms with Gasteiger partial charge in [0.2, 0.25) is 0 Å². The topological polar surface area (TPSA) is 48.9 Å². The maximum atomic E-state index is 9.42. The molecular formula is C13H8ClIN2O. The van der Waals surface area contributed by atoms with Crippen LogP contribution in [0.1, 0.15) is 0 Å². The second-order valence-electron chi connectivity index (χ2n) is 3.92. The molecule has 5 heteroatoms. The number of nitrogens with zero attached hydrogens (tertiary/aromatic N) is 1. The Balaban J connectivity index is 2.16. The van der Waals surface area contributed by atoms with Crippen LogP contribution in [0.15, 0.2) is 36.4 Å². The molecule has 18 heavy (non-hydrogen) atoms. The largest absolute Gasteiger partial charge is 0.508 e. The lowest BCUT2D eigenvalue weighted by molar-refractivity contribution is 0.476. The quantitative estimate of drug-likeness (QED) is 0.631. The lowest BCUT2D eigenvalue weighted by atomic mass is 10.2. The van der Waals surface area contributed by atoms with Crippen molar-refractivity contribution in [1.29, 1.82) is 0 Å². The first-order valence-electron chi connectivity index (χ1n) is 5.27. The summed E-state index contributed by atoms with van der Waals surface area (Å²) in [5.74, 6) is 0.965. The van der Waals surface area contributed by atoms with Crippen molar-refractivity contribution in [3.05, 3.63) is 45.0 Å². The Labute approximate surface area is 122 Å². The molecule has 2 N–H and O–H groups in total. The van der Waals surface area contributed by atoms with Gasteiger partial charge in [0.15, 0.2) is 0 Å². The minimum absolute atomic E-state index is 0.221. The number of aromatic amines is 1. The highest BCUT2D eigenvalue weighted by Gasteiger charge is 2.07. The van der Waals surface area contributed by atoms with E-state index < -0.39 is 0 Å². The molecule has 0 unspecified atom stereocenters. The SMILES string of the molecule is Oc1ccc2nc(-c3ccc(I)c(Cl)c3)[nH]c2c1. The predicted molar refractivity (Wildman–Crippen MR) is 80.9 cm³/mol. The van der Waals surface area contributed by atoms with E-state index in [0.717, 1.165) is 26.0 Å². The predicted octanol–water partition coefficient (Wildman–Crippen LogP) is 4.19. The number of phenols is 1. The number of H-pyrrole nitrogens is 1. The Morgan fingerprint density at radius 2 is 2.00 bits per heavy atom. The van der Waals surface area contributed by atoms with E-state index in [4.69, 9.17) is 11.6 Å². The zero-order valence-electron chi connectivity index (χ0n) is 9.11. The highest BCUT2D eigenvalue weighted by Crippen LogP contribution is 2.27. The Morgan fingerprint density at radius 1 is 1.17 bits per heavy atom. The summed E-state index contributed by atoms with van der Waals surface area (Å²) < 4.78 is 1.01. The van der Waals surface area contributed by atoms with E-state index in [-0.39, 0.29) is 5.75 Å². The second kappa shape index (κ2) is 4.44. The average molecular weight is 371 g/mol. The summed E-state index contributed by atoms with van der Waals surface area (Å²) in [5.41, 5.74) is 2.55. The van der Waals surface area contributed by atoms with Gasteiger partial charge in [-0.15, -0.1) is 0 Å². The summed E-state index contributed by atoms with van der Waals surface area (Å²) in [5, 5.41) is 10.1. The Hall–Kier alpha value is -1.27. The minimum atomic E-state index is 0.221. The first-order valence-corrected chi connectivity index (χ1v) is 6.73. The van der Waals surface area contributed by atoms with E-state index in [1.54, 1.807) is 18.2 Å². The van der Waals surface area contributed by atoms with Crippen molar-refractivity contribution < 1.29 is 5.11 Å². The third-order valence-corrected chi connectivity index (χ3v) is 4.23. The summed E-state index contributed by atoms with van der Waals surface area (Å²) in [7, 11) is 0. The van der Waals surface area contributed by atoms with Crippen molar-refractivity contribution in [2.45, 2.75) is 0 Å². The molecule has 0 atom stereocenters. The molecule has 0 saturated carbocycles. The van der Waals surface area contributed by atoms with Crippen molar-refractivity contribution >= 4 is 45.2 Å². The zero-order chi connectivity index (χ0) is 12.7. The number of hydrogen-bond acceptors (Lipinski definition) is 2. The van der Waals surface area contributed by atoms with Crippen molar-refractivity contribution in [3.8, 4) is 17.1 Å². The standard InChI is InChI=1S/C13H8ClIN2O/c14-9-5-7(1-3-10(9)15)13-16-11-4-2-8(18)6-12(11)17-13/h1-6,18H,(H,16,17). The Morgan fingerprint density at radius 3 is 2.78 bits per heavy atom. The third kappa shape index (κ3) is 2.06. The number of benzene rings is 2. The summed E-state index contributed by atoms with van der Waals surface area (Å²) in [4.78, 5) is 7.63. The number of aromatic hydroxyl groups is 1. The number of fused-ring (bicyclic) bond motifs is 1. The van der Waals surface area contributed by atoms with Crippen LogP contribution in [-0.2, 0) is 0 Å². The molecule has 0 radical (unpaired) electrons. The highest BCUT2D eigenvalue weighted by atomic mass is 127. The van der Waals surface area contributed by atoms with Gasteiger partial charge in [0, 0.05) is 15.2 Å². The number of nitrogens with one attached hydrogen (secondary N) is 1. The molecule has 0 aliphatic heterocycles. The van der Waals surface area contributed by atoms with Crippen LogP contribution in [0, 0.1) is 3.57 Å². The zero-order valence-corrected chi connectivity index (χ0v) is 12.0. The molecule has 3 aromatic rings. The Bertz CT molecular complexity index is 739. The van der Waals surface area contributed by atoms with E-state index in [0.29, 0.717) is 5.02 Å². The van der Waals surface area contributed by atoms with Crippen LogP contribution in [0.25, 0.3) is 22.4 Å². The molecule has 0 amide bonds. The van der Waals surface area contributed by atoms with Crippen LogP contribution in [0.3, 0.4) is 0 Å². The third-order valence-electron chi connectivity index (χ3n) is 2.66. The van der Waals surface area contributed by atoms with Crippen molar-refractivity contribution in [2.24, 2.45) is 0 Å². The lowest BCUT2D eigenvalue weighted by Gasteiger charge is -1.99. The van der Waals surface area contributed by atoms with E-state index >= 15 is 0 Å². The molecule has 1 aromatic heterocycles. The van der Waals surface area contributed by atoms with Crippen molar-refractivity contribution in [2.75, 3.05) is 0 Å². The van der Waals surface area contributed by atoms with Crippen molar-refractivity contribution in [1.82, 2.24) is 9.97 Å². The van der Waals surface area contributed by atoms with Gasteiger partial charge < -0.3 is 10.1 Å². The summed E-state index contributed by atoms with van der Waals surface area (Å²) in [6.45, 7) is 0. The number of imidazole rings is 1. The number of halogens is 2. The number of phenolic OH excluding ortho intramolecular Hbond substituents is 1. The monoisotopic (exact) mass is 370 g/mol. The van der Waals surface area contributed by atoms with E-state index in [1.807, 2.05) is 18.2 Å². The van der Waals surface area contributed by atoms with Gasteiger partial charge in [-0.3, -0.25) is 0 Å². The smallest absolute Gasteiger partial charge is 0.138 e. The van der Waals surface area contributed by atoms with Crippen LogP contribution >= 0.6 is 34.2 Å². The summed E-state index contributed by atoms with van der Waals surface area (Å²) in [6, 6.07) is 10.8. The summed E-state index contributed by atoms with van der Waals surface area (Å²) >= 11 is 8.28. The second-order valence-corrected chi connectivity index (χ2v) is 5.49. The van der Waals surface area contributed by atoms with E-state index in [9.17, 15) is 5.11 Å². The molecular weight excluding hydrogens is 363 g/mol. The fraction of sp³-hybridized carbons (Fsp3) is 0. The molecule has 3 rings (SSSR count). The van der Waals surface area contributed by atoms with Gasteiger partial charge in [0.25, 0.3) is 0 Å². The maximum Gasteiger partial charge on any atom is 0.138 e. The van der Waals surface area contributed by atoms with Gasteiger partial charge in [-0.05, 0) is 46.9 Å². The van der Waals surface area contributed by atoms with Gasteiger partial charge in [-0.2, -0.15) is 0 Å². The lowest BCUT2D eigenvalue weighted by Crippen LogP contribution is -1.82. The first kappa shape index (κ1) is 11.8. The minimum Gasteiger partial charge on any atom is -0.508 e. The van der Waals surface area contributed by atoms with Crippen LogP contribution < -0.4 is 0 Å². The van der Waals surface area contributed by atoms with Gasteiger partial charge >= 0.3 is 0 Å². The Kier molecular flexibility index (Phi) is 2.91. The van der Waals surface area contributed by atoms with Crippen LogP contribution in [-0.4, -0.2) is 15.1 Å². The van der Waals surface area contributed by atoms with Gasteiger partial charge in [0.1, 0.15) is 11.6 Å². The molecule has 0 spiro atoms. The molecule has 3 nitrogen and oxygen atoms in total. The fourth-order valence-corrected chi connectivity index (χ4v) is 2.29. The maximum absolute atomic E-state index is 9.42. The van der Waals surface area contributed by atoms with Gasteiger partial charge in [-0.1, -0.05) is 17.7 Å². The molecule has 0 saturated heterocycles. The van der Waals surface area contributed by atoms with Crippen LogP contribution in [0.2, 0.25) is 5.02 Å². The van der Waals surface area contributed by atoms with Crippen LogP contribution in [0.5, 0.6) is 5.75 Å². The van der Waals surface area contributed by atoms with E-state index in [1.165, 1.54) is 0 Å². The number of rotatable bonds is 1. The molecule has 90 valence electrons.